The molecular formula is C13H19BrN2O. The van der Waals surface area contributed by atoms with Crippen molar-refractivity contribution in [2.75, 3.05) is 18.4 Å². The Morgan fingerprint density at radius 1 is 1.47 bits per heavy atom. The molecule has 0 saturated heterocycles. The minimum atomic E-state index is -0.0387. The highest BCUT2D eigenvalue weighted by atomic mass is 79.9. The van der Waals surface area contributed by atoms with Gasteiger partial charge in [-0.3, -0.25) is 4.79 Å². The molecule has 1 atom stereocenters. The van der Waals surface area contributed by atoms with Gasteiger partial charge in [0.25, 0.3) is 0 Å². The van der Waals surface area contributed by atoms with Crippen LogP contribution in [-0.2, 0) is 4.79 Å². The lowest BCUT2D eigenvalue weighted by Crippen LogP contribution is -2.30. The van der Waals surface area contributed by atoms with Gasteiger partial charge >= 0.3 is 0 Å². The zero-order valence-electron chi connectivity index (χ0n) is 10.5. The van der Waals surface area contributed by atoms with E-state index in [0.717, 1.165) is 22.3 Å². The standard InChI is InChI=1S/C13H19BrN2O/c1-4-15-8-10(3)13(17)16-12-6-5-9(2)7-11(12)14/h5-7,10,15H,4,8H2,1-3H3,(H,16,17). The number of carbonyl (C=O) groups excluding carboxylic acids is 1. The molecule has 0 bridgehead atoms. The molecule has 2 N–H and O–H groups in total. The third kappa shape index (κ3) is 4.48. The molecule has 1 aromatic carbocycles. The van der Waals surface area contributed by atoms with Crippen LogP contribution in [0.5, 0.6) is 0 Å². The first kappa shape index (κ1) is 14.2. The topological polar surface area (TPSA) is 41.1 Å². The van der Waals surface area contributed by atoms with Crippen LogP contribution < -0.4 is 10.6 Å². The van der Waals surface area contributed by atoms with Crippen LogP contribution in [0.3, 0.4) is 0 Å². The molecule has 4 heteroatoms. The summed E-state index contributed by atoms with van der Waals surface area (Å²) in [6, 6.07) is 5.89. The zero-order valence-corrected chi connectivity index (χ0v) is 12.1. The molecular weight excluding hydrogens is 280 g/mol. The fourth-order valence-corrected chi connectivity index (χ4v) is 2.02. The van der Waals surface area contributed by atoms with Crippen LogP contribution in [0.1, 0.15) is 19.4 Å². The van der Waals surface area contributed by atoms with Gasteiger partial charge in [0.05, 0.1) is 5.69 Å². The number of carbonyl (C=O) groups is 1. The van der Waals surface area contributed by atoms with E-state index < -0.39 is 0 Å². The van der Waals surface area contributed by atoms with Crippen LogP contribution in [-0.4, -0.2) is 19.0 Å². The fourth-order valence-electron chi connectivity index (χ4n) is 1.43. The van der Waals surface area contributed by atoms with Crippen molar-refractivity contribution in [1.82, 2.24) is 5.32 Å². The molecule has 3 nitrogen and oxygen atoms in total. The molecule has 0 spiro atoms. The Kier molecular flexibility index (Phi) is 5.65. The number of nitrogens with one attached hydrogen (secondary N) is 2. The van der Waals surface area contributed by atoms with Crippen molar-refractivity contribution >= 4 is 27.5 Å². The molecule has 94 valence electrons. The number of halogens is 1. The molecule has 0 aromatic heterocycles. The fraction of sp³-hybridized carbons (Fsp3) is 0.462. The summed E-state index contributed by atoms with van der Waals surface area (Å²) in [4.78, 5) is 11.9. The smallest absolute Gasteiger partial charge is 0.228 e. The molecule has 0 saturated carbocycles. The van der Waals surface area contributed by atoms with Crippen LogP contribution >= 0.6 is 15.9 Å². The van der Waals surface area contributed by atoms with Gasteiger partial charge in [-0.15, -0.1) is 0 Å². The highest BCUT2D eigenvalue weighted by Crippen LogP contribution is 2.23. The average molecular weight is 299 g/mol. The first-order valence-corrected chi connectivity index (χ1v) is 6.61. The van der Waals surface area contributed by atoms with Crippen molar-refractivity contribution in [2.24, 2.45) is 5.92 Å². The van der Waals surface area contributed by atoms with Crippen LogP contribution in [0.4, 0.5) is 5.69 Å². The van der Waals surface area contributed by atoms with Crippen LogP contribution in [0.15, 0.2) is 22.7 Å². The maximum absolute atomic E-state index is 11.9. The first-order chi connectivity index (χ1) is 8.04. The maximum atomic E-state index is 11.9. The summed E-state index contributed by atoms with van der Waals surface area (Å²) in [7, 11) is 0. The third-order valence-corrected chi connectivity index (χ3v) is 3.19. The van der Waals surface area contributed by atoms with E-state index in [1.54, 1.807) is 0 Å². The van der Waals surface area contributed by atoms with E-state index in [1.165, 1.54) is 0 Å². The van der Waals surface area contributed by atoms with Crippen molar-refractivity contribution in [3.05, 3.63) is 28.2 Å². The summed E-state index contributed by atoms with van der Waals surface area (Å²) in [6.45, 7) is 7.54. The molecule has 0 aliphatic heterocycles. The Balaban J connectivity index is 2.61. The van der Waals surface area contributed by atoms with Gasteiger partial charge in [-0.2, -0.15) is 0 Å². The van der Waals surface area contributed by atoms with E-state index in [0.29, 0.717) is 6.54 Å². The second-order valence-corrected chi connectivity index (χ2v) is 5.04. The lowest BCUT2D eigenvalue weighted by Gasteiger charge is -2.13. The van der Waals surface area contributed by atoms with E-state index in [1.807, 2.05) is 39.0 Å². The molecule has 1 rings (SSSR count). The summed E-state index contributed by atoms with van der Waals surface area (Å²) in [5, 5.41) is 6.09. The number of hydrogen-bond acceptors (Lipinski definition) is 2. The van der Waals surface area contributed by atoms with Gasteiger partial charge < -0.3 is 10.6 Å². The van der Waals surface area contributed by atoms with E-state index in [2.05, 4.69) is 26.6 Å². The predicted molar refractivity (Wildman–Crippen MR) is 75.2 cm³/mol. The van der Waals surface area contributed by atoms with Crippen molar-refractivity contribution in [2.45, 2.75) is 20.8 Å². The quantitative estimate of drug-likeness (QED) is 0.877. The number of benzene rings is 1. The Morgan fingerprint density at radius 2 is 2.18 bits per heavy atom. The van der Waals surface area contributed by atoms with Gasteiger partial charge in [0.1, 0.15) is 0 Å². The van der Waals surface area contributed by atoms with Crippen LogP contribution in [0.25, 0.3) is 0 Å². The van der Waals surface area contributed by atoms with Crippen molar-refractivity contribution < 1.29 is 4.79 Å². The number of rotatable bonds is 5. The van der Waals surface area contributed by atoms with Gasteiger partial charge in [0.2, 0.25) is 5.91 Å². The molecule has 17 heavy (non-hydrogen) atoms. The molecule has 0 aliphatic rings. The normalized spacial score (nSPS) is 12.2. The molecule has 0 aliphatic carbocycles. The molecule has 0 radical (unpaired) electrons. The molecule has 1 unspecified atom stereocenters. The van der Waals surface area contributed by atoms with E-state index in [4.69, 9.17) is 0 Å². The van der Waals surface area contributed by atoms with Crippen LogP contribution in [0, 0.1) is 12.8 Å². The molecule has 1 amide bonds. The van der Waals surface area contributed by atoms with E-state index >= 15 is 0 Å². The monoisotopic (exact) mass is 298 g/mol. The number of anilines is 1. The summed E-state index contributed by atoms with van der Waals surface area (Å²) in [6.07, 6.45) is 0. The summed E-state index contributed by atoms with van der Waals surface area (Å²) in [5.41, 5.74) is 1.99. The van der Waals surface area contributed by atoms with Crippen LogP contribution in [0.2, 0.25) is 0 Å². The highest BCUT2D eigenvalue weighted by molar-refractivity contribution is 9.10. The Morgan fingerprint density at radius 3 is 2.76 bits per heavy atom. The van der Waals surface area contributed by atoms with Gasteiger partial charge in [-0.05, 0) is 47.1 Å². The summed E-state index contributed by atoms with van der Waals surface area (Å²) >= 11 is 3.45. The molecule has 0 heterocycles. The SMILES string of the molecule is CCNCC(C)C(=O)Nc1ccc(C)cc1Br. The van der Waals surface area contributed by atoms with Crippen molar-refractivity contribution in [3.63, 3.8) is 0 Å². The third-order valence-electron chi connectivity index (χ3n) is 2.53. The lowest BCUT2D eigenvalue weighted by atomic mass is 10.1. The van der Waals surface area contributed by atoms with Crippen molar-refractivity contribution in [3.8, 4) is 0 Å². The first-order valence-electron chi connectivity index (χ1n) is 5.82. The van der Waals surface area contributed by atoms with E-state index in [-0.39, 0.29) is 11.8 Å². The Hall–Kier alpha value is -0.870. The van der Waals surface area contributed by atoms with Gasteiger partial charge in [0.15, 0.2) is 0 Å². The number of aryl methyl sites for hydroxylation is 1. The Bertz CT molecular complexity index is 393. The summed E-state index contributed by atoms with van der Waals surface area (Å²) < 4.78 is 0.918. The van der Waals surface area contributed by atoms with Gasteiger partial charge in [-0.1, -0.05) is 19.9 Å². The largest absolute Gasteiger partial charge is 0.325 e. The number of hydrogen-bond donors (Lipinski definition) is 2. The van der Waals surface area contributed by atoms with E-state index in [9.17, 15) is 4.79 Å². The minimum Gasteiger partial charge on any atom is -0.325 e. The molecule has 1 aromatic rings. The predicted octanol–water partition coefficient (Wildman–Crippen LogP) is 2.94. The van der Waals surface area contributed by atoms with Gasteiger partial charge in [-0.25, -0.2) is 0 Å². The average Bonchev–Trinajstić information content (AvgIpc) is 2.29. The number of amides is 1. The molecule has 0 fully saturated rings. The minimum absolute atomic E-state index is 0.0375. The lowest BCUT2D eigenvalue weighted by molar-refractivity contribution is -0.119. The zero-order chi connectivity index (χ0) is 12.8. The Labute approximate surface area is 111 Å². The van der Waals surface area contributed by atoms with Gasteiger partial charge in [0, 0.05) is 16.9 Å². The second kappa shape index (κ2) is 6.77. The second-order valence-electron chi connectivity index (χ2n) is 4.18. The van der Waals surface area contributed by atoms with Crippen molar-refractivity contribution in [1.29, 1.82) is 0 Å². The summed E-state index contributed by atoms with van der Waals surface area (Å²) in [5.74, 6) is -0.00124. The maximum Gasteiger partial charge on any atom is 0.228 e. The highest BCUT2D eigenvalue weighted by Gasteiger charge is 2.13.